The lowest BCUT2D eigenvalue weighted by atomic mass is 10.1. The van der Waals surface area contributed by atoms with Gasteiger partial charge in [0.15, 0.2) is 5.69 Å². The van der Waals surface area contributed by atoms with Gasteiger partial charge in [-0.25, -0.2) is 4.68 Å². The molecule has 0 aliphatic heterocycles. The summed E-state index contributed by atoms with van der Waals surface area (Å²) in [6.07, 6.45) is -3.56. The molecule has 5 nitrogen and oxygen atoms in total. The molecule has 0 spiro atoms. The molecule has 0 saturated carbocycles. The van der Waals surface area contributed by atoms with Gasteiger partial charge in [-0.15, -0.1) is 0 Å². The third-order valence-electron chi connectivity index (χ3n) is 3.25. The lowest BCUT2D eigenvalue weighted by Crippen LogP contribution is -2.28. The second-order valence-electron chi connectivity index (χ2n) is 4.94. The summed E-state index contributed by atoms with van der Waals surface area (Å²) in [5, 5.41) is 14.8. The van der Waals surface area contributed by atoms with E-state index in [0.29, 0.717) is 5.56 Å². The number of halogens is 3. The van der Waals surface area contributed by atoms with Crippen molar-refractivity contribution in [1.29, 1.82) is 0 Å². The van der Waals surface area contributed by atoms with Crippen molar-refractivity contribution < 1.29 is 23.1 Å². The van der Waals surface area contributed by atoms with Crippen LogP contribution in [0.4, 0.5) is 13.2 Å². The first kappa shape index (κ1) is 17.0. The highest BCUT2D eigenvalue weighted by molar-refractivity contribution is 5.95. The van der Waals surface area contributed by atoms with Crippen LogP contribution >= 0.6 is 0 Å². The van der Waals surface area contributed by atoms with Crippen molar-refractivity contribution in [2.45, 2.75) is 19.5 Å². The average molecular weight is 327 g/mol. The Kier molecular flexibility index (Phi) is 5.05. The van der Waals surface area contributed by atoms with Crippen LogP contribution in [0.2, 0.25) is 0 Å². The highest BCUT2D eigenvalue weighted by atomic mass is 19.4. The van der Waals surface area contributed by atoms with E-state index in [0.717, 1.165) is 10.9 Å². The highest BCUT2D eigenvalue weighted by Gasteiger charge is 2.40. The number of carbonyl (C=O) groups excluding carboxylic acids is 1. The first-order valence-corrected chi connectivity index (χ1v) is 6.96. The van der Waals surface area contributed by atoms with Gasteiger partial charge in [-0.1, -0.05) is 18.2 Å². The van der Waals surface area contributed by atoms with Gasteiger partial charge in [0.2, 0.25) is 0 Å². The van der Waals surface area contributed by atoms with Crippen LogP contribution in [-0.2, 0) is 6.18 Å². The SMILES string of the molecule is Cc1ccccc1-n1ncc(C(=O)NCCCO)c1C(F)(F)F. The summed E-state index contributed by atoms with van der Waals surface area (Å²) in [4.78, 5) is 12.0. The van der Waals surface area contributed by atoms with E-state index >= 15 is 0 Å². The first-order chi connectivity index (χ1) is 10.9. The highest BCUT2D eigenvalue weighted by Crippen LogP contribution is 2.34. The Morgan fingerprint density at radius 1 is 1.35 bits per heavy atom. The van der Waals surface area contributed by atoms with Crippen molar-refractivity contribution in [3.8, 4) is 5.69 Å². The zero-order valence-corrected chi connectivity index (χ0v) is 12.4. The van der Waals surface area contributed by atoms with Crippen LogP contribution in [-0.4, -0.2) is 33.9 Å². The second kappa shape index (κ2) is 6.82. The Bertz CT molecular complexity index is 696. The molecule has 0 aliphatic rings. The van der Waals surface area contributed by atoms with Crippen molar-refractivity contribution in [2.24, 2.45) is 0 Å². The Morgan fingerprint density at radius 3 is 2.65 bits per heavy atom. The van der Waals surface area contributed by atoms with Crippen LogP contribution in [0.5, 0.6) is 0 Å². The van der Waals surface area contributed by atoms with E-state index in [9.17, 15) is 18.0 Å². The molecule has 1 aromatic heterocycles. The molecule has 1 aromatic carbocycles. The molecule has 0 unspecified atom stereocenters. The van der Waals surface area contributed by atoms with E-state index in [2.05, 4.69) is 10.4 Å². The zero-order chi connectivity index (χ0) is 17.0. The molecule has 0 saturated heterocycles. The van der Waals surface area contributed by atoms with Crippen molar-refractivity contribution in [2.75, 3.05) is 13.2 Å². The maximum atomic E-state index is 13.4. The molecule has 2 N–H and O–H groups in total. The van der Waals surface area contributed by atoms with E-state index in [4.69, 9.17) is 5.11 Å². The Labute approximate surface area is 130 Å². The minimum atomic E-state index is -4.73. The number of para-hydroxylation sites is 1. The molecule has 8 heteroatoms. The second-order valence-corrected chi connectivity index (χ2v) is 4.94. The normalized spacial score (nSPS) is 11.5. The van der Waals surface area contributed by atoms with Crippen molar-refractivity contribution in [1.82, 2.24) is 15.1 Å². The Balaban J connectivity index is 2.46. The number of carbonyl (C=O) groups is 1. The minimum absolute atomic E-state index is 0.0855. The number of alkyl halides is 3. The molecule has 124 valence electrons. The predicted molar refractivity (Wildman–Crippen MR) is 77.3 cm³/mol. The molecular formula is C15H16F3N3O2. The molecule has 0 bridgehead atoms. The summed E-state index contributed by atoms with van der Waals surface area (Å²) in [5.41, 5.74) is -0.797. The van der Waals surface area contributed by atoms with Crippen LogP contribution < -0.4 is 5.32 Å². The number of aryl methyl sites for hydroxylation is 1. The number of hydrogen-bond acceptors (Lipinski definition) is 3. The van der Waals surface area contributed by atoms with Gasteiger partial charge < -0.3 is 10.4 Å². The molecule has 2 rings (SSSR count). The Morgan fingerprint density at radius 2 is 2.04 bits per heavy atom. The van der Waals surface area contributed by atoms with Gasteiger partial charge in [0.25, 0.3) is 5.91 Å². The lowest BCUT2D eigenvalue weighted by molar-refractivity contribution is -0.143. The first-order valence-electron chi connectivity index (χ1n) is 6.96. The van der Waals surface area contributed by atoms with Crippen molar-refractivity contribution >= 4 is 5.91 Å². The molecular weight excluding hydrogens is 311 g/mol. The molecule has 0 fully saturated rings. The summed E-state index contributed by atoms with van der Waals surface area (Å²) in [6, 6.07) is 6.48. The van der Waals surface area contributed by atoms with E-state index < -0.39 is 23.3 Å². The number of aromatic nitrogens is 2. The number of aliphatic hydroxyl groups excluding tert-OH is 1. The van der Waals surface area contributed by atoms with Gasteiger partial charge in [-0.3, -0.25) is 4.79 Å². The van der Waals surface area contributed by atoms with Crippen LogP contribution in [0, 0.1) is 6.92 Å². The number of aliphatic hydroxyl groups is 1. The van der Waals surface area contributed by atoms with E-state index in [1.165, 1.54) is 6.07 Å². The van der Waals surface area contributed by atoms with Gasteiger partial charge >= 0.3 is 6.18 Å². The molecule has 0 radical (unpaired) electrons. The number of benzene rings is 1. The summed E-state index contributed by atoms with van der Waals surface area (Å²) >= 11 is 0. The van der Waals surface area contributed by atoms with Gasteiger partial charge in [0, 0.05) is 13.2 Å². The van der Waals surface area contributed by atoms with Gasteiger partial charge in [0.05, 0.1) is 17.4 Å². The van der Waals surface area contributed by atoms with E-state index in [1.807, 2.05) is 0 Å². The quantitative estimate of drug-likeness (QED) is 0.828. The Hall–Kier alpha value is -2.35. The lowest BCUT2D eigenvalue weighted by Gasteiger charge is -2.14. The maximum Gasteiger partial charge on any atom is 0.434 e. The maximum absolute atomic E-state index is 13.4. The number of rotatable bonds is 5. The van der Waals surface area contributed by atoms with Gasteiger partial charge in [-0.2, -0.15) is 18.3 Å². The number of nitrogens with one attached hydrogen (secondary N) is 1. The minimum Gasteiger partial charge on any atom is -0.396 e. The van der Waals surface area contributed by atoms with Crippen LogP contribution in [0.3, 0.4) is 0 Å². The van der Waals surface area contributed by atoms with Gasteiger partial charge in [-0.05, 0) is 25.0 Å². The predicted octanol–water partition coefficient (Wildman–Crippen LogP) is 2.31. The molecule has 0 aliphatic carbocycles. The van der Waals surface area contributed by atoms with Gasteiger partial charge in [0.1, 0.15) is 0 Å². The fraction of sp³-hybridized carbons (Fsp3) is 0.333. The average Bonchev–Trinajstić information content (AvgIpc) is 2.93. The number of hydrogen-bond donors (Lipinski definition) is 2. The van der Waals surface area contributed by atoms with Crippen LogP contribution in [0.15, 0.2) is 30.5 Å². The summed E-state index contributed by atoms with van der Waals surface area (Å²) in [6.45, 7) is 1.59. The number of nitrogens with zero attached hydrogens (tertiary/aromatic N) is 2. The molecule has 1 heterocycles. The largest absolute Gasteiger partial charge is 0.434 e. The standard InChI is InChI=1S/C15H16F3N3O2/c1-10-5-2-3-6-12(10)21-13(15(16,17)18)11(9-20-21)14(23)19-7-4-8-22/h2-3,5-6,9,22H,4,7-8H2,1H3,(H,19,23). The van der Waals surface area contributed by atoms with E-state index in [-0.39, 0.29) is 25.3 Å². The summed E-state index contributed by atoms with van der Waals surface area (Å²) in [7, 11) is 0. The van der Waals surface area contributed by atoms with Crippen molar-refractivity contribution in [3.05, 3.63) is 47.3 Å². The molecule has 2 aromatic rings. The smallest absolute Gasteiger partial charge is 0.396 e. The monoisotopic (exact) mass is 327 g/mol. The molecule has 23 heavy (non-hydrogen) atoms. The fourth-order valence-electron chi connectivity index (χ4n) is 2.15. The van der Waals surface area contributed by atoms with Crippen molar-refractivity contribution in [3.63, 3.8) is 0 Å². The van der Waals surface area contributed by atoms with Crippen LogP contribution in [0.1, 0.15) is 28.0 Å². The summed E-state index contributed by atoms with van der Waals surface area (Å²) < 4.78 is 41.0. The van der Waals surface area contributed by atoms with E-state index in [1.54, 1.807) is 25.1 Å². The third-order valence-corrected chi connectivity index (χ3v) is 3.25. The molecule has 0 atom stereocenters. The zero-order valence-electron chi connectivity index (χ0n) is 12.4. The third kappa shape index (κ3) is 3.70. The summed E-state index contributed by atoms with van der Waals surface area (Å²) in [5.74, 6) is -0.870. The molecule has 1 amide bonds. The number of amides is 1. The fourth-order valence-corrected chi connectivity index (χ4v) is 2.15. The van der Waals surface area contributed by atoms with Crippen LogP contribution in [0.25, 0.3) is 5.69 Å². The topological polar surface area (TPSA) is 67.2 Å².